The van der Waals surface area contributed by atoms with E-state index in [1.807, 2.05) is 23.1 Å². The van der Waals surface area contributed by atoms with Gasteiger partial charge in [0.15, 0.2) is 17.5 Å². The summed E-state index contributed by atoms with van der Waals surface area (Å²) in [5, 5.41) is 0. The molecule has 1 aromatic rings. The van der Waals surface area contributed by atoms with E-state index in [0.29, 0.717) is 18.6 Å². The first-order chi connectivity index (χ1) is 11.2. The third-order valence-electron chi connectivity index (χ3n) is 4.33. The number of halogens is 1. The molecule has 0 heterocycles. The number of aliphatic imine (C=N–C) groups is 1. The normalized spacial score (nSPS) is 15.0. The van der Waals surface area contributed by atoms with Crippen molar-refractivity contribution in [3.8, 4) is 11.5 Å². The van der Waals surface area contributed by atoms with Crippen molar-refractivity contribution in [3.63, 3.8) is 0 Å². The first-order valence-corrected chi connectivity index (χ1v) is 8.56. The van der Waals surface area contributed by atoms with Gasteiger partial charge in [-0.2, -0.15) is 0 Å². The molecule has 0 atom stereocenters. The summed E-state index contributed by atoms with van der Waals surface area (Å²) >= 11 is 0. The highest BCUT2D eigenvalue weighted by molar-refractivity contribution is 14.0. The molecule has 1 aliphatic carbocycles. The van der Waals surface area contributed by atoms with Crippen molar-refractivity contribution >= 4 is 29.9 Å². The maximum absolute atomic E-state index is 6.12. The van der Waals surface area contributed by atoms with Crippen LogP contribution in [0.2, 0.25) is 0 Å². The summed E-state index contributed by atoms with van der Waals surface area (Å²) in [5.41, 5.74) is 7.11. The van der Waals surface area contributed by atoms with Gasteiger partial charge in [-0.3, -0.25) is 0 Å². The molecule has 5 nitrogen and oxygen atoms in total. The summed E-state index contributed by atoms with van der Waals surface area (Å²) in [6.07, 6.45) is 5.05. The molecule has 1 aliphatic rings. The van der Waals surface area contributed by atoms with Crippen LogP contribution >= 0.6 is 24.0 Å². The predicted octanol–water partition coefficient (Wildman–Crippen LogP) is 3.79. The number of nitrogens with two attached hydrogens (primary N) is 1. The standard InChI is InChI=1S/C18H29N3O2.HI/c1-4-21(5-2)18(19)20-13-14-10-11-16(22-3)17(12-14)23-15-8-6-7-9-15;/h10-12,15H,4-9,13H2,1-3H3,(H2,19,20);1H. The highest BCUT2D eigenvalue weighted by atomic mass is 127. The third kappa shape index (κ3) is 5.72. The van der Waals surface area contributed by atoms with Gasteiger partial charge in [0.05, 0.1) is 19.8 Å². The minimum Gasteiger partial charge on any atom is -0.493 e. The molecule has 2 N–H and O–H groups in total. The molecule has 24 heavy (non-hydrogen) atoms. The van der Waals surface area contributed by atoms with Crippen LogP contribution in [-0.2, 0) is 6.54 Å². The fourth-order valence-electron chi connectivity index (χ4n) is 2.92. The number of hydrogen-bond acceptors (Lipinski definition) is 3. The molecule has 0 amide bonds. The first-order valence-electron chi connectivity index (χ1n) is 8.56. The molecular formula is C18H30IN3O2. The molecule has 0 spiro atoms. The van der Waals surface area contributed by atoms with Crippen LogP contribution in [0.4, 0.5) is 0 Å². The largest absolute Gasteiger partial charge is 0.493 e. The molecule has 0 aromatic heterocycles. The molecule has 0 radical (unpaired) electrons. The summed E-state index contributed by atoms with van der Waals surface area (Å²) in [4.78, 5) is 6.53. The smallest absolute Gasteiger partial charge is 0.191 e. The SMILES string of the molecule is CCN(CC)C(N)=NCc1ccc(OC)c(OC2CCCC2)c1.I. The van der Waals surface area contributed by atoms with Crippen LogP contribution in [0.15, 0.2) is 23.2 Å². The molecule has 1 fully saturated rings. The summed E-state index contributed by atoms with van der Waals surface area (Å²) in [5.74, 6) is 2.18. The molecule has 1 aromatic carbocycles. The molecular weight excluding hydrogens is 417 g/mol. The summed E-state index contributed by atoms with van der Waals surface area (Å²) in [6.45, 7) is 6.43. The van der Waals surface area contributed by atoms with Crippen molar-refractivity contribution < 1.29 is 9.47 Å². The monoisotopic (exact) mass is 447 g/mol. The Bertz CT molecular complexity index is 527. The number of benzene rings is 1. The molecule has 0 aliphatic heterocycles. The van der Waals surface area contributed by atoms with Gasteiger partial charge < -0.3 is 20.1 Å². The van der Waals surface area contributed by atoms with Gasteiger partial charge in [0, 0.05) is 13.1 Å². The van der Waals surface area contributed by atoms with Crippen LogP contribution in [0.5, 0.6) is 11.5 Å². The maximum atomic E-state index is 6.12. The lowest BCUT2D eigenvalue weighted by Gasteiger charge is -2.19. The molecule has 0 unspecified atom stereocenters. The Balaban J connectivity index is 0.00000288. The van der Waals surface area contributed by atoms with Crippen LogP contribution < -0.4 is 15.2 Å². The molecule has 0 bridgehead atoms. The highest BCUT2D eigenvalue weighted by Crippen LogP contribution is 2.32. The Labute approximate surface area is 162 Å². The minimum absolute atomic E-state index is 0. The van der Waals surface area contributed by atoms with Crippen molar-refractivity contribution in [3.05, 3.63) is 23.8 Å². The van der Waals surface area contributed by atoms with Gasteiger partial charge in [-0.25, -0.2) is 4.99 Å². The van der Waals surface area contributed by atoms with E-state index < -0.39 is 0 Å². The van der Waals surface area contributed by atoms with Gasteiger partial charge in [-0.1, -0.05) is 6.07 Å². The Morgan fingerprint density at radius 2 is 1.88 bits per heavy atom. The van der Waals surface area contributed by atoms with E-state index in [1.54, 1.807) is 7.11 Å². The van der Waals surface area contributed by atoms with Crippen molar-refractivity contribution in [1.82, 2.24) is 4.90 Å². The van der Waals surface area contributed by atoms with Gasteiger partial charge in [-0.15, -0.1) is 24.0 Å². The van der Waals surface area contributed by atoms with Gasteiger partial charge in [0.25, 0.3) is 0 Å². The number of methoxy groups -OCH3 is 1. The van der Waals surface area contributed by atoms with E-state index in [2.05, 4.69) is 18.8 Å². The van der Waals surface area contributed by atoms with E-state index in [0.717, 1.165) is 43.0 Å². The number of nitrogens with zero attached hydrogens (tertiary/aromatic N) is 2. The molecule has 6 heteroatoms. The van der Waals surface area contributed by atoms with E-state index >= 15 is 0 Å². The average Bonchev–Trinajstić information content (AvgIpc) is 3.07. The van der Waals surface area contributed by atoms with Gasteiger partial charge >= 0.3 is 0 Å². The topological polar surface area (TPSA) is 60.1 Å². The van der Waals surface area contributed by atoms with Crippen LogP contribution in [-0.4, -0.2) is 37.2 Å². The van der Waals surface area contributed by atoms with E-state index in [9.17, 15) is 0 Å². The second-order valence-electron chi connectivity index (χ2n) is 5.86. The average molecular weight is 447 g/mol. The zero-order valence-corrected chi connectivity index (χ0v) is 17.3. The van der Waals surface area contributed by atoms with E-state index in [1.165, 1.54) is 12.8 Å². The lowest BCUT2D eigenvalue weighted by Crippen LogP contribution is -2.37. The highest BCUT2D eigenvalue weighted by Gasteiger charge is 2.18. The molecule has 2 rings (SSSR count). The Hall–Kier alpha value is -1.18. The van der Waals surface area contributed by atoms with Crippen LogP contribution in [0.1, 0.15) is 45.1 Å². The fourth-order valence-corrected chi connectivity index (χ4v) is 2.92. The minimum atomic E-state index is 0. The van der Waals surface area contributed by atoms with Crippen LogP contribution in [0.25, 0.3) is 0 Å². The van der Waals surface area contributed by atoms with E-state index in [4.69, 9.17) is 15.2 Å². The quantitative estimate of drug-likeness (QED) is 0.393. The second-order valence-corrected chi connectivity index (χ2v) is 5.86. The number of hydrogen-bond donors (Lipinski definition) is 1. The lowest BCUT2D eigenvalue weighted by atomic mass is 10.2. The Morgan fingerprint density at radius 1 is 1.21 bits per heavy atom. The lowest BCUT2D eigenvalue weighted by molar-refractivity contribution is 0.200. The number of rotatable bonds is 7. The van der Waals surface area contributed by atoms with Crippen molar-refractivity contribution in [2.75, 3.05) is 20.2 Å². The van der Waals surface area contributed by atoms with Crippen molar-refractivity contribution in [1.29, 1.82) is 0 Å². The molecule has 136 valence electrons. The van der Waals surface area contributed by atoms with Crippen molar-refractivity contribution in [2.24, 2.45) is 10.7 Å². The van der Waals surface area contributed by atoms with Crippen LogP contribution in [0.3, 0.4) is 0 Å². The van der Waals surface area contributed by atoms with Gasteiger partial charge in [0.1, 0.15) is 0 Å². The van der Waals surface area contributed by atoms with Gasteiger partial charge in [0.2, 0.25) is 0 Å². The second kappa shape index (κ2) is 10.6. The summed E-state index contributed by atoms with van der Waals surface area (Å²) in [7, 11) is 1.67. The Morgan fingerprint density at radius 3 is 2.46 bits per heavy atom. The zero-order chi connectivity index (χ0) is 16.7. The zero-order valence-electron chi connectivity index (χ0n) is 15.0. The van der Waals surface area contributed by atoms with Gasteiger partial charge in [-0.05, 0) is 57.2 Å². The first kappa shape index (κ1) is 20.9. The molecule has 1 saturated carbocycles. The number of ether oxygens (including phenoxy) is 2. The molecule has 0 saturated heterocycles. The third-order valence-corrected chi connectivity index (χ3v) is 4.33. The Kier molecular flexibility index (Phi) is 9.25. The predicted molar refractivity (Wildman–Crippen MR) is 110 cm³/mol. The van der Waals surface area contributed by atoms with E-state index in [-0.39, 0.29) is 24.0 Å². The summed E-state index contributed by atoms with van der Waals surface area (Å²) in [6, 6.07) is 5.98. The maximum Gasteiger partial charge on any atom is 0.191 e. The van der Waals surface area contributed by atoms with Crippen LogP contribution in [0, 0.1) is 0 Å². The van der Waals surface area contributed by atoms with Crippen molar-refractivity contribution in [2.45, 2.75) is 52.2 Å². The number of guanidine groups is 1. The fraction of sp³-hybridized carbons (Fsp3) is 0.611. The summed E-state index contributed by atoms with van der Waals surface area (Å²) < 4.78 is 11.5.